The zero-order chi connectivity index (χ0) is 19.7. The molecule has 0 radical (unpaired) electrons. The van der Waals surface area contributed by atoms with Crippen molar-refractivity contribution >= 4 is 23.5 Å². The third-order valence-electron chi connectivity index (χ3n) is 5.26. The monoisotopic (exact) mass is 401 g/mol. The normalized spacial score (nSPS) is 21.9. The number of ether oxygens (including phenoxy) is 1. The molecule has 1 saturated heterocycles. The number of aryl methyl sites for hydroxylation is 2. The number of ketones is 1. The summed E-state index contributed by atoms with van der Waals surface area (Å²) in [5.41, 5.74) is 1.73. The maximum Gasteiger partial charge on any atom is 0.277 e. The molecule has 4 rings (SSSR count). The summed E-state index contributed by atoms with van der Waals surface area (Å²) < 4.78 is 11.5. The number of hydrogen-bond donors (Lipinski definition) is 0. The Morgan fingerprint density at radius 2 is 2.18 bits per heavy atom. The van der Waals surface area contributed by atoms with E-state index in [-0.39, 0.29) is 29.5 Å². The topological polar surface area (TPSA) is 85.5 Å². The van der Waals surface area contributed by atoms with Gasteiger partial charge < -0.3 is 14.1 Å². The van der Waals surface area contributed by atoms with Gasteiger partial charge in [0.2, 0.25) is 11.8 Å². The molecule has 1 aromatic heterocycles. The average Bonchev–Trinajstić information content (AvgIpc) is 3.12. The van der Waals surface area contributed by atoms with Gasteiger partial charge in [-0.1, -0.05) is 23.4 Å². The van der Waals surface area contributed by atoms with Crippen LogP contribution in [-0.4, -0.2) is 51.7 Å². The first-order valence-corrected chi connectivity index (χ1v) is 10.5. The molecule has 1 fully saturated rings. The number of Topliss-reactive ketones (excluding diaryl/α,β-unsaturated/α-hetero) is 1. The zero-order valence-corrected chi connectivity index (χ0v) is 16.8. The molecule has 7 nitrogen and oxygen atoms in total. The van der Waals surface area contributed by atoms with Gasteiger partial charge in [-0.2, -0.15) is 0 Å². The molecular weight excluding hydrogens is 378 g/mol. The molecule has 148 valence electrons. The van der Waals surface area contributed by atoms with Gasteiger partial charge in [0.15, 0.2) is 5.78 Å². The van der Waals surface area contributed by atoms with Crippen molar-refractivity contribution in [1.82, 2.24) is 15.1 Å². The average molecular weight is 401 g/mol. The van der Waals surface area contributed by atoms with Crippen LogP contribution in [0, 0.1) is 19.8 Å². The van der Waals surface area contributed by atoms with E-state index < -0.39 is 0 Å². The Morgan fingerprint density at radius 1 is 1.32 bits per heavy atom. The van der Waals surface area contributed by atoms with E-state index in [9.17, 15) is 9.59 Å². The molecular formula is C20H23N3O4S. The molecule has 2 aliphatic rings. The molecule has 0 aliphatic carbocycles. The summed E-state index contributed by atoms with van der Waals surface area (Å²) in [6.07, 6.45) is 2.07. The number of carbonyl (C=O) groups excluding carboxylic acids is 2. The number of amides is 1. The Kier molecular flexibility index (Phi) is 5.39. The van der Waals surface area contributed by atoms with E-state index in [0.29, 0.717) is 35.4 Å². The van der Waals surface area contributed by atoms with E-state index in [1.807, 2.05) is 30.0 Å². The van der Waals surface area contributed by atoms with Gasteiger partial charge in [0.1, 0.15) is 11.9 Å². The van der Waals surface area contributed by atoms with Gasteiger partial charge in [-0.25, -0.2) is 0 Å². The molecule has 3 heterocycles. The minimum atomic E-state index is -0.176. The summed E-state index contributed by atoms with van der Waals surface area (Å²) in [5, 5.41) is 8.09. The number of thioether (sulfide) groups is 1. The molecule has 0 saturated carbocycles. The highest BCUT2D eigenvalue weighted by molar-refractivity contribution is 7.99. The Balaban J connectivity index is 1.37. The standard InChI is InChI=1S/C20H23N3O4S/c1-12-5-6-17-15(8-12)16(24)9-18(27-17)14-4-3-7-23(10-14)19(25)11-28-20-22-21-13(2)26-20/h5-6,8,14,18H,3-4,7,9-11H2,1-2H3. The first-order valence-electron chi connectivity index (χ1n) is 9.51. The molecule has 1 aromatic carbocycles. The molecule has 0 N–H and O–H groups in total. The van der Waals surface area contributed by atoms with Crippen molar-refractivity contribution in [3.8, 4) is 5.75 Å². The highest BCUT2D eigenvalue weighted by Crippen LogP contribution is 2.34. The number of aromatic nitrogens is 2. The van der Waals surface area contributed by atoms with E-state index in [0.717, 1.165) is 24.9 Å². The zero-order valence-electron chi connectivity index (χ0n) is 16.0. The fraction of sp³-hybridized carbons (Fsp3) is 0.500. The molecule has 0 bridgehead atoms. The predicted molar refractivity (Wildman–Crippen MR) is 104 cm³/mol. The minimum Gasteiger partial charge on any atom is -0.489 e. The van der Waals surface area contributed by atoms with Crippen LogP contribution in [0.3, 0.4) is 0 Å². The van der Waals surface area contributed by atoms with Crippen molar-refractivity contribution in [1.29, 1.82) is 0 Å². The van der Waals surface area contributed by atoms with Crippen molar-refractivity contribution in [2.45, 2.75) is 44.4 Å². The molecule has 2 unspecified atom stereocenters. The molecule has 28 heavy (non-hydrogen) atoms. The fourth-order valence-corrected chi connectivity index (χ4v) is 4.52. The highest BCUT2D eigenvalue weighted by Gasteiger charge is 2.35. The van der Waals surface area contributed by atoms with Crippen LogP contribution in [0.25, 0.3) is 0 Å². The van der Waals surface area contributed by atoms with Crippen LogP contribution >= 0.6 is 11.8 Å². The Labute approximate surface area is 167 Å². The van der Waals surface area contributed by atoms with Crippen molar-refractivity contribution in [2.75, 3.05) is 18.8 Å². The molecule has 2 aliphatic heterocycles. The predicted octanol–water partition coefficient (Wildman–Crippen LogP) is 3.05. The van der Waals surface area contributed by atoms with Crippen molar-refractivity contribution < 1.29 is 18.7 Å². The van der Waals surface area contributed by atoms with Crippen molar-refractivity contribution in [3.63, 3.8) is 0 Å². The van der Waals surface area contributed by atoms with Gasteiger partial charge >= 0.3 is 0 Å². The van der Waals surface area contributed by atoms with Gasteiger partial charge in [-0.15, -0.1) is 10.2 Å². The van der Waals surface area contributed by atoms with Gasteiger partial charge in [-0.05, 0) is 31.9 Å². The van der Waals surface area contributed by atoms with Crippen LogP contribution in [0.4, 0.5) is 0 Å². The molecule has 2 aromatic rings. The number of fused-ring (bicyclic) bond motifs is 1. The number of benzene rings is 1. The lowest BCUT2D eigenvalue weighted by Crippen LogP contribution is -2.47. The SMILES string of the molecule is Cc1ccc2c(c1)C(=O)CC(C1CCCN(C(=O)CSc3nnc(C)o3)C1)O2. The quantitative estimate of drug-likeness (QED) is 0.728. The molecule has 2 atom stereocenters. The largest absolute Gasteiger partial charge is 0.489 e. The Bertz CT molecular complexity index is 897. The number of hydrogen-bond acceptors (Lipinski definition) is 7. The summed E-state index contributed by atoms with van der Waals surface area (Å²) in [6.45, 7) is 5.04. The second kappa shape index (κ2) is 7.95. The van der Waals surface area contributed by atoms with Gasteiger partial charge in [0, 0.05) is 32.4 Å². The summed E-state index contributed by atoms with van der Waals surface area (Å²) in [7, 11) is 0. The highest BCUT2D eigenvalue weighted by atomic mass is 32.2. The lowest BCUT2D eigenvalue weighted by atomic mass is 9.86. The van der Waals surface area contributed by atoms with Crippen LogP contribution in [0.2, 0.25) is 0 Å². The van der Waals surface area contributed by atoms with E-state index >= 15 is 0 Å². The van der Waals surface area contributed by atoms with E-state index in [2.05, 4.69) is 10.2 Å². The number of rotatable bonds is 4. The summed E-state index contributed by atoms with van der Waals surface area (Å²) >= 11 is 1.26. The van der Waals surface area contributed by atoms with Gasteiger partial charge in [0.25, 0.3) is 5.22 Å². The van der Waals surface area contributed by atoms with E-state index in [4.69, 9.17) is 9.15 Å². The van der Waals surface area contributed by atoms with Crippen LogP contribution in [0.5, 0.6) is 5.75 Å². The summed E-state index contributed by atoms with van der Waals surface area (Å²) in [4.78, 5) is 27.1. The lowest BCUT2D eigenvalue weighted by Gasteiger charge is -2.38. The second-order valence-corrected chi connectivity index (χ2v) is 8.33. The van der Waals surface area contributed by atoms with E-state index in [1.54, 1.807) is 6.92 Å². The smallest absolute Gasteiger partial charge is 0.277 e. The molecule has 8 heteroatoms. The number of likely N-dealkylation sites (tertiary alicyclic amines) is 1. The third-order valence-corrected chi connectivity index (χ3v) is 6.07. The maximum atomic E-state index is 12.6. The Morgan fingerprint density at radius 3 is 2.96 bits per heavy atom. The minimum absolute atomic E-state index is 0.0451. The number of carbonyl (C=O) groups is 2. The molecule has 1 amide bonds. The van der Waals surface area contributed by atoms with E-state index in [1.165, 1.54) is 11.8 Å². The first kappa shape index (κ1) is 19.0. The first-order chi connectivity index (χ1) is 13.5. The third kappa shape index (κ3) is 4.06. The second-order valence-electron chi connectivity index (χ2n) is 7.40. The number of piperidine rings is 1. The van der Waals surface area contributed by atoms with Crippen LogP contribution in [0.1, 0.15) is 41.1 Å². The van der Waals surface area contributed by atoms with Crippen molar-refractivity contribution in [3.05, 3.63) is 35.2 Å². The van der Waals surface area contributed by atoms with Crippen LogP contribution < -0.4 is 4.74 Å². The van der Waals surface area contributed by atoms with Gasteiger partial charge in [0.05, 0.1) is 11.3 Å². The fourth-order valence-electron chi connectivity index (χ4n) is 3.82. The van der Waals surface area contributed by atoms with Crippen molar-refractivity contribution in [2.24, 2.45) is 5.92 Å². The summed E-state index contributed by atoms with van der Waals surface area (Å²) in [6, 6.07) is 5.73. The maximum absolute atomic E-state index is 12.6. The van der Waals surface area contributed by atoms with Gasteiger partial charge in [-0.3, -0.25) is 9.59 Å². The van der Waals surface area contributed by atoms with Crippen LogP contribution in [-0.2, 0) is 4.79 Å². The van der Waals surface area contributed by atoms with Crippen LogP contribution in [0.15, 0.2) is 27.8 Å². The number of nitrogens with zero attached hydrogens (tertiary/aromatic N) is 3. The summed E-state index contributed by atoms with van der Waals surface area (Å²) in [5.74, 6) is 1.75. The lowest BCUT2D eigenvalue weighted by molar-refractivity contribution is -0.130. The Hall–Kier alpha value is -2.35. The molecule has 0 spiro atoms.